The van der Waals surface area contributed by atoms with Gasteiger partial charge in [0.15, 0.2) is 17.5 Å². The van der Waals surface area contributed by atoms with Crippen LogP contribution in [0, 0.1) is 11.7 Å². The fourth-order valence-corrected chi connectivity index (χ4v) is 3.73. The Morgan fingerprint density at radius 1 is 1.19 bits per heavy atom. The van der Waals surface area contributed by atoms with Crippen molar-refractivity contribution in [2.24, 2.45) is 24.4 Å². The number of hydrogen-bond acceptors (Lipinski definition) is 7. The van der Waals surface area contributed by atoms with Crippen molar-refractivity contribution in [3.63, 3.8) is 0 Å². The fourth-order valence-electron chi connectivity index (χ4n) is 3.73. The highest BCUT2D eigenvalue weighted by molar-refractivity contribution is 5.99. The van der Waals surface area contributed by atoms with Crippen LogP contribution in [-0.2, 0) is 7.05 Å². The highest BCUT2D eigenvalue weighted by Crippen LogP contribution is 2.30. The highest BCUT2D eigenvalue weighted by atomic mass is 19.1. The average Bonchev–Trinajstić information content (AvgIpc) is 3.03. The summed E-state index contributed by atoms with van der Waals surface area (Å²) in [6.45, 7) is 5.82. The lowest BCUT2D eigenvalue weighted by Crippen LogP contribution is -2.42. The van der Waals surface area contributed by atoms with Crippen LogP contribution < -0.4 is 27.0 Å². The molecule has 1 aromatic carbocycles. The van der Waals surface area contributed by atoms with Crippen molar-refractivity contribution in [2.45, 2.75) is 32.9 Å². The van der Waals surface area contributed by atoms with Crippen molar-refractivity contribution in [3.8, 4) is 0 Å². The van der Waals surface area contributed by atoms with E-state index in [1.165, 1.54) is 0 Å². The molecule has 0 radical (unpaired) electrons. The van der Waals surface area contributed by atoms with E-state index in [0.29, 0.717) is 5.69 Å². The van der Waals surface area contributed by atoms with E-state index in [4.69, 9.17) is 11.5 Å². The number of pyridine rings is 1. The van der Waals surface area contributed by atoms with E-state index in [1.807, 2.05) is 65.0 Å². The van der Waals surface area contributed by atoms with E-state index in [-0.39, 0.29) is 35.2 Å². The van der Waals surface area contributed by atoms with Gasteiger partial charge in [0.25, 0.3) is 5.91 Å². The Labute approximate surface area is 187 Å². The lowest BCUT2D eigenvalue weighted by molar-refractivity contribution is 0.100. The van der Waals surface area contributed by atoms with Gasteiger partial charge in [-0.3, -0.25) is 9.48 Å². The van der Waals surface area contributed by atoms with Crippen LogP contribution in [0.5, 0.6) is 0 Å². The van der Waals surface area contributed by atoms with Crippen LogP contribution in [0.3, 0.4) is 0 Å². The molecule has 6 N–H and O–H groups in total. The first-order chi connectivity index (χ1) is 15.0. The molecule has 9 nitrogen and oxygen atoms in total. The van der Waals surface area contributed by atoms with Crippen LogP contribution in [0.25, 0.3) is 10.9 Å². The molecule has 3 rings (SSSR count). The Morgan fingerprint density at radius 2 is 1.88 bits per heavy atom. The Kier molecular flexibility index (Phi) is 6.54. The predicted octanol–water partition coefficient (Wildman–Crippen LogP) is 2.80. The van der Waals surface area contributed by atoms with Crippen molar-refractivity contribution in [1.82, 2.24) is 14.8 Å². The van der Waals surface area contributed by atoms with Crippen LogP contribution in [-0.4, -0.2) is 46.9 Å². The number of aromatic nitrogens is 3. The molecule has 0 aliphatic rings. The number of nitrogens with one attached hydrogen (secondary N) is 2. The zero-order valence-electron chi connectivity index (χ0n) is 19.3. The monoisotopic (exact) mass is 442 g/mol. The van der Waals surface area contributed by atoms with E-state index >= 15 is 0 Å². The first-order valence-electron chi connectivity index (χ1n) is 10.4. The van der Waals surface area contributed by atoms with Crippen LogP contribution in [0.2, 0.25) is 0 Å². The molecule has 172 valence electrons. The summed E-state index contributed by atoms with van der Waals surface area (Å²) >= 11 is 0. The number of aryl methyl sites for hydroxylation is 1. The summed E-state index contributed by atoms with van der Waals surface area (Å²) in [6, 6.07) is 6.30. The fraction of sp³-hybridized carbons (Fsp3) is 0.409. The Bertz CT molecular complexity index is 1130. The van der Waals surface area contributed by atoms with E-state index < -0.39 is 11.7 Å². The third-order valence-electron chi connectivity index (χ3n) is 5.35. The maximum absolute atomic E-state index is 14.8. The standard InChI is InChI=1S/C22H31FN8O/c1-11(2)18(12(3)24)27-21-16(23)10-15(19(25)32)20(28-21)26-13-7-8-17-14(9-13)22(30(4)5)29-31(17)6/h7-12,18H,24H2,1-6H3,(H2,25,32)(H2,26,27,28)/t12-,18+/m0/s1. The van der Waals surface area contributed by atoms with Crippen molar-refractivity contribution in [3.05, 3.63) is 35.6 Å². The third-order valence-corrected chi connectivity index (χ3v) is 5.35. The molecule has 2 aromatic heterocycles. The molecule has 2 atom stereocenters. The molecule has 0 bridgehead atoms. The molecule has 0 saturated heterocycles. The topological polar surface area (TPSA) is 127 Å². The second-order valence-corrected chi connectivity index (χ2v) is 8.55. The second kappa shape index (κ2) is 8.99. The Hall–Kier alpha value is -3.40. The quantitative estimate of drug-likeness (QED) is 0.422. The number of fused-ring (bicyclic) bond motifs is 1. The summed E-state index contributed by atoms with van der Waals surface area (Å²) in [5, 5.41) is 11.6. The van der Waals surface area contributed by atoms with Gasteiger partial charge in [0, 0.05) is 44.3 Å². The predicted molar refractivity (Wildman–Crippen MR) is 127 cm³/mol. The lowest BCUT2D eigenvalue weighted by Gasteiger charge is -2.27. The molecule has 1 amide bonds. The molecular formula is C22H31FN8O. The van der Waals surface area contributed by atoms with Gasteiger partial charge in [0.2, 0.25) is 0 Å². The number of rotatable bonds is 8. The van der Waals surface area contributed by atoms with Crippen LogP contribution >= 0.6 is 0 Å². The number of carbonyl (C=O) groups is 1. The summed E-state index contributed by atoms with van der Waals surface area (Å²) in [7, 11) is 5.70. The summed E-state index contributed by atoms with van der Waals surface area (Å²) in [5.74, 6) is -0.357. The maximum atomic E-state index is 14.8. The van der Waals surface area contributed by atoms with Crippen molar-refractivity contribution < 1.29 is 9.18 Å². The van der Waals surface area contributed by atoms with Crippen LogP contribution in [0.1, 0.15) is 31.1 Å². The summed E-state index contributed by atoms with van der Waals surface area (Å²) in [4.78, 5) is 18.3. The zero-order valence-corrected chi connectivity index (χ0v) is 19.3. The molecule has 0 aliphatic carbocycles. The van der Waals surface area contributed by atoms with E-state index in [1.54, 1.807) is 4.68 Å². The van der Waals surface area contributed by atoms with E-state index in [2.05, 4.69) is 20.7 Å². The number of amides is 1. The van der Waals surface area contributed by atoms with Gasteiger partial charge in [-0.2, -0.15) is 5.10 Å². The average molecular weight is 443 g/mol. The molecule has 32 heavy (non-hydrogen) atoms. The first-order valence-corrected chi connectivity index (χ1v) is 10.4. The largest absolute Gasteiger partial charge is 0.365 e. The van der Waals surface area contributed by atoms with Gasteiger partial charge in [0.1, 0.15) is 5.82 Å². The minimum Gasteiger partial charge on any atom is -0.365 e. The highest BCUT2D eigenvalue weighted by Gasteiger charge is 2.22. The van der Waals surface area contributed by atoms with Gasteiger partial charge < -0.3 is 27.0 Å². The van der Waals surface area contributed by atoms with Crippen LogP contribution in [0.15, 0.2) is 24.3 Å². The number of benzene rings is 1. The smallest absolute Gasteiger partial charge is 0.252 e. The molecule has 3 aromatic rings. The SMILES string of the molecule is CC(C)[C@@H](Nc1nc(Nc2ccc3c(c2)c(N(C)C)nn3C)c(C(N)=O)cc1F)[C@H](C)N. The van der Waals surface area contributed by atoms with E-state index in [9.17, 15) is 9.18 Å². The van der Waals surface area contributed by atoms with Crippen molar-refractivity contribution in [1.29, 1.82) is 0 Å². The summed E-state index contributed by atoms with van der Waals surface area (Å²) < 4.78 is 16.5. The molecule has 2 heterocycles. The number of primary amides is 1. The lowest BCUT2D eigenvalue weighted by atomic mass is 9.98. The summed E-state index contributed by atoms with van der Waals surface area (Å²) in [5.41, 5.74) is 13.1. The van der Waals surface area contributed by atoms with Crippen molar-refractivity contribution >= 4 is 40.0 Å². The van der Waals surface area contributed by atoms with Crippen molar-refractivity contribution in [2.75, 3.05) is 29.6 Å². The molecular weight excluding hydrogens is 411 g/mol. The Morgan fingerprint density at radius 3 is 2.44 bits per heavy atom. The van der Waals surface area contributed by atoms with Gasteiger partial charge in [-0.05, 0) is 37.1 Å². The normalized spacial score (nSPS) is 13.3. The number of nitrogens with two attached hydrogens (primary N) is 2. The molecule has 0 aliphatic heterocycles. The second-order valence-electron chi connectivity index (χ2n) is 8.55. The molecule has 0 spiro atoms. The van der Waals surface area contributed by atoms with Crippen LogP contribution in [0.4, 0.5) is 27.5 Å². The molecule has 0 fully saturated rings. The van der Waals surface area contributed by atoms with Gasteiger partial charge in [-0.15, -0.1) is 0 Å². The molecule has 10 heteroatoms. The third kappa shape index (κ3) is 4.59. The molecule has 0 unspecified atom stereocenters. The number of hydrogen-bond donors (Lipinski definition) is 4. The number of nitrogens with zero attached hydrogens (tertiary/aromatic N) is 4. The summed E-state index contributed by atoms with van der Waals surface area (Å²) in [6.07, 6.45) is 0. The zero-order chi connectivity index (χ0) is 23.7. The molecule has 0 saturated carbocycles. The van der Waals surface area contributed by atoms with E-state index in [0.717, 1.165) is 22.8 Å². The minimum atomic E-state index is -0.783. The maximum Gasteiger partial charge on any atom is 0.252 e. The van der Waals surface area contributed by atoms with Gasteiger partial charge in [0.05, 0.1) is 11.1 Å². The number of anilines is 4. The van der Waals surface area contributed by atoms with Gasteiger partial charge >= 0.3 is 0 Å². The van der Waals surface area contributed by atoms with Gasteiger partial charge in [-0.1, -0.05) is 13.8 Å². The minimum absolute atomic E-state index is 0.00457. The number of carbonyl (C=O) groups excluding carboxylic acids is 1. The first kappa shape index (κ1) is 23.3. The Balaban J connectivity index is 2.04. The van der Waals surface area contributed by atoms with Gasteiger partial charge in [-0.25, -0.2) is 9.37 Å². The number of halogens is 1.